The zero-order valence-corrected chi connectivity index (χ0v) is 14.6. The molecule has 1 fully saturated rings. The summed E-state index contributed by atoms with van der Waals surface area (Å²) in [6.07, 6.45) is 6.62. The molecule has 1 aliphatic carbocycles. The van der Waals surface area contributed by atoms with Crippen molar-refractivity contribution in [3.05, 3.63) is 34.3 Å². The number of hydrogen-bond donors (Lipinski definition) is 1. The van der Waals surface area contributed by atoms with E-state index in [1.165, 1.54) is 42.1 Å². The summed E-state index contributed by atoms with van der Waals surface area (Å²) in [4.78, 5) is 0. The average molecular weight is 338 g/mol. The predicted octanol–water partition coefficient (Wildman–Crippen LogP) is 5.50. The molecule has 0 aliphatic heterocycles. The predicted molar refractivity (Wildman–Crippen MR) is 91.2 cm³/mol. The van der Waals surface area contributed by atoms with Crippen LogP contribution in [0.15, 0.2) is 28.7 Å². The van der Waals surface area contributed by atoms with Crippen molar-refractivity contribution in [1.82, 2.24) is 5.32 Å². The highest BCUT2D eigenvalue weighted by Crippen LogP contribution is 2.37. The maximum Gasteiger partial charge on any atom is 0.0178 e. The fourth-order valence-corrected chi connectivity index (χ4v) is 3.52. The van der Waals surface area contributed by atoms with E-state index < -0.39 is 0 Å². The minimum Gasteiger partial charge on any atom is -0.311 e. The monoisotopic (exact) mass is 337 g/mol. The Bertz CT molecular complexity index is 410. The number of rotatable bonds is 7. The van der Waals surface area contributed by atoms with Crippen LogP contribution in [0.2, 0.25) is 0 Å². The van der Waals surface area contributed by atoms with Gasteiger partial charge in [-0.3, -0.25) is 0 Å². The number of nitrogens with one attached hydrogen (secondary N) is 1. The van der Waals surface area contributed by atoms with Gasteiger partial charge in [0.2, 0.25) is 0 Å². The van der Waals surface area contributed by atoms with Crippen LogP contribution in [-0.2, 0) is 0 Å². The van der Waals surface area contributed by atoms with Crippen molar-refractivity contribution >= 4 is 15.9 Å². The van der Waals surface area contributed by atoms with Gasteiger partial charge >= 0.3 is 0 Å². The van der Waals surface area contributed by atoms with E-state index in [1.807, 2.05) is 0 Å². The molecule has 1 aromatic rings. The highest BCUT2D eigenvalue weighted by atomic mass is 79.9. The Balaban J connectivity index is 1.66. The van der Waals surface area contributed by atoms with Gasteiger partial charge in [0.15, 0.2) is 0 Å². The highest BCUT2D eigenvalue weighted by molar-refractivity contribution is 9.10. The van der Waals surface area contributed by atoms with Gasteiger partial charge in [-0.1, -0.05) is 54.8 Å². The third-order valence-corrected chi connectivity index (χ3v) is 4.89. The first kappa shape index (κ1) is 16.0. The number of halogens is 1. The summed E-state index contributed by atoms with van der Waals surface area (Å²) in [5.74, 6) is 1.60. The van der Waals surface area contributed by atoms with Crippen LogP contribution in [0.5, 0.6) is 0 Å². The molecule has 0 radical (unpaired) electrons. The van der Waals surface area contributed by atoms with Crippen molar-refractivity contribution in [2.24, 2.45) is 5.92 Å². The Hall–Kier alpha value is -0.340. The first-order valence-corrected chi connectivity index (χ1v) is 8.85. The van der Waals surface area contributed by atoms with Crippen LogP contribution in [0.25, 0.3) is 0 Å². The maximum atomic E-state index is 3.79. The Kier molecular flexibility index (Phi) is 6.10. The van der Waals surface area contributed by atoms with E-state index in [-0.39, 0.29) is 0 Å². The summed E-state index contributed by atoms with van der Waals surface area (Å²) < 4.78 is 1.20. The van der Waals surface area contributed by atoms with Gasteiger partial charge < -0.3 is 5.32 Å². The van der Waals surface area contributed by atoms with Crippen molar-refractivity contribution in [2.45, 2.75) is 70.9 Å². The Morgan fingerprint density at radius 1 is 1.20 bits per heavy atom. The molecule has 1 saturated carbocycles. The Labute approximate surface area is 132 Å². The minimum atomic E-state index is 0.669. The minimum absolute atomic E-state index is 0.669. The lowest BCUT2D eigenvalue weighted by Crippen LogP contribution is -2.44. The lowest BCUT2D eigenvalue weighted by Gasteiger charge is -2.38. The van der Waals surface area contributed by atoms with Crippen molar-refractivity contribution in [2.75, 3.05) is 0 Å². The fraction of sp³-hybridized carbons (Fsp3) is 0.667. The summed E-state index contributed by atoms with van der Waals surface area (Å²) in [5, 5.41) is 3.79. The molecule has 1 unspecified atom stereocenters. The van der Waals surface area contributed by atoms with Crippen LogP contribution in [-0.4, -0.2) is 12.1 Å². The second-order valence-electron chi connectivity index (χ2n) is 6.81. The number of benzene rings is 1. The molecule has 20 heavy (non-hydrogen) atoms. The molecule has 1 aromatic carbocycles. The fourth-order valence-electron chi connectivity index (χ4n) is 3.10. The molecule has 1 aliphatic rings. The second kappa shape index (κ2) is 7.61. The number of hydrogen-bond acceptors (Lipinski definition) is 1. The van der Waals surface area contributed by atoms with Crippen molar-refractivity contribution in [3.63, 3.8) is 0 Å². The molecule has 1 atom stereocenters. The normalized spacial score (nSPS) is 23.6. The van der Waals surface area contributed by atoms with E-state index in [0.717, 1.165) is 17.9 Å². The second-order valence-corrected chi connectivity index (χ2v) is 7.73. The molecule has 2 rings (SSSR count). The lowest BCUT2D eigenvalue weighted by molar-refractivity contribution is 0.262. The van der Waals surface area contributed by atoms with Gasteiger partial charge in [0.1, 0.15) is 0 Å². The smallest absolute Gasteiger partial charge is 0.0178 e. The van der Waals surface area contributed by atoms with E-state index in [0.29, 0.717) is 6.04 Å². The molecular formula is C18H28BrN. The van der Waals surface area contributed by atoms with Crippen molar-refractivity contribution < 1.29 is 0 Å². The van der Waals surface area contributed by atoms with Crippen molar-refractivity contribution in [1.29, 1.82) is 0 Å². The van der Waals surface area contributed by atoms with E-state index in [1.54, 1.807) is 0 Å². The molecule has 0 bridgehead atoms. The molecule has 0 spiro atoms. The summed E-state index contributed by atoms with van der Waals surface area (Å²) in [6.45, 7) is 6.96. The first-order chi connectivity index (χ1) is 9.54. The standard InChI is InChI=1S/C18H28BrN/c1-13(2)6-4-7-14(3)20-18-11-16(12-18)15-8-5-9-17(19)10-15/h5,8-10,13-14,16,18,20H,4,6-7,11-12H2,1-3H3. The SMILES string of the molecule is CC(C)CCCC(C)NC1CC(c2cccc(Br)c2)C1. The van der Waals surface area contributed by atoms with Gasteiger partial charge in [0.25, 0.3) is 0 Å². The lowest BCUT2D eigenvalue weighted by atomic mass is 9.75. The van der Waals surface area contributed by atoms with Gasteiger partial charge in [-0.2, -0.15) is 0 Å². The average Bonchev–Trinajstić information content (AvgIpc) is 2.32. The summed E-state index contributed by atoms with van der Waals surface area (Å²) in [5.41, 5.74) is 1.49. The van der Waals surface area contributed by atoms with Crippen molar-refractivity contribution in [3.8, 4) is 0 Å². The topological polar surface area (TPSA) is 12.0 Å². The molecular weight excluding hydrogens is 310 g/mol. The molecule has 112 valence electrons. The van der Waals surface area contributed by atoms with Gasteiger partial charge in [-0.15, -0.1) is 0 Å². The molecule has 0 amide bonds. The zero-order chi connectivity index (χ0) is 14.5. The van der Waals surface area contributed by atoms with E-state index >= 15 is 0 Å². The van der Waals surface area contributed by atoms with E-state index in [2.05, 4.69) is 66.3 Å². The quantitative estimate of drug-likeness (QED) is 0.692. The molecule has 2 heteroatoms. The van der Waals surface area contributed by atoms with Crippen LogP contribution < -0.4 is 5.32 Å². The highest BCUT2D eigenvalue weighted by Gasteiger charge is 2.30. The molecule has 1 nitrogen and oxygen atoms in total. The Morgan fingerprint density at radius 2 is 1.95 bits per heavy atom. The van der Waals surface area contributed by atoms with Crippen LogP contribution >= 0.6 is 15.9 Å². The summed E-state index contributed by atoms with van der Waals surface area (Å²) in [6, 6.07) is 10.2. The Morgan fingerprint density at radius 3 is 2.60 bits per heavy atom. The summed E-state index contributed by atoms with van der Waals surface area (Å²) in [7, 11) is 0. The van der Waals surface area contributed by atoms with Crippen LogP contribution in [0.4, 0.5) is 0 Å². The molecule has 0 aromatic heterocycles. The van der Waals surface area contributed by atoms with Gasteiger partial charge in [0.05, 0.1) is 0 Å². The van der Waals surface area contributed by atoms with Crippen LogP contribution in [0.3, 0.4) is 0 Å². The third kappa shape index (κ3) is 4.89. The van der Waals surface area contributed by atoms with Crippen LogP contribution in [0.1, 0.15) is 64.4 Å². The van der Waals surface area contributed by atoms with Crippen LogP contribution in [0, 0.1) is 5.92 Å². The maximum absolute atomic E-state index is 3.79. The van der Waals surface area contributed by atoms with Gasteiger partial charge in [0, 0.05) is 16.6 Å². The van der Waals surface area contributed by atoms with E-state index in [4.69, 9.17) is 0 Å². The van der Waals surface area contributed by atoms with Gasteiger partial charge in [-0.25, -0.2) is 0 Å². The molecule has 1 N–H and O–H groups in total. The molecule has 0 heterocycles. The van der Waals surface area contributed by atoms with E-state index in [9.17, 15) is 0 Å². The zero-order valence-electron chi connectivity index (χ0n) is 13.0. The largest absolute Gasteiger partial charge is 0.311 e. The summed E-state index contributed by atoms with van der Waals surface area (Å²) >= 11 is 3.56. The third-order valence-electron chi connectivity index (χ3n) is 4.40. The molecule has 0 saturated heterocycles. The van der Waals surface area contributed by atoms with Gasteiger partial charge in [-0.05, 0) is 55.7 Å². The first-order valence-electron chi connectivity index (χ1n) is 8.06.